The van der Waals surface area contributed by atoms with Crippen LogP contribution in [0.5, 0.6) is 0 Å². The zero-order chi connectivity index (χ0) is 13.5. The molecule has 4 heteroatoms. The zero-order valence-electron chi connectivity index (χ0n) is 11.3. The van der Waals surface area contributed by atoms with E-state index in [4.69, 9.17) is 23.2 Å². The summed E-state index contributed by atoms with van der Waals surface area (Å²) in [6, 6.07) is 6.23. The number of hydrogen-bond acceptors (Lipinski definition) is 2. The lowest BCUT2D eigenvalue weighted by Gasteiger charge is -2.22. The highest BCUT2D eigenvalue weighted by atomic mass is 35.5. The summed E-state index contributed by atoms with van der Waals surface area (Å²) in [5, 5.41) is 4.86. The topological polar surface area (TPSA) is 15.3 Å². The number of likely N-dealkylation sites (N-methyl/N-ethyl adjacent to an activating group) is 1. The highest BCUT2D eigenvalue weighted by Crippen LogP contribution is 2.22. The molecule has 0 unspecified atom stereocenters. The zero-order valence-corrected chi connectivity index (χ0v) is 12.9. The van der Waals surface area contributed by atoms with E-state index in [-0.39, 0.29) is 0 Å². The minimum atomic E-state index is 0.530. The Hall–Kier alpha value is -0.280. The predicted octanol–water partition coefficient (Wildman–Crippen LogP) is 3.81. The third-order valence-electron chi connectivity index (χ3n) is 2.84. The molecule has 0 aliphatic carbocycles. The van der Waals surface area contributed by atoms with Gasteiger partial charge in [-0.25, -0.2) is 0 Å². The van der Waals surface area contributed by atoms with Gasteiger partial charge < -0.3 is 5.32 Å². The highest BCUT2D eigenvalue weighted by molar-refractivity contribution is 6.35. The second-order valence-corrected chi connectivity index (χ2v) is 5.56. The first-order chi connectivity index (χ1) is 8.52. The molecule has 0 radical (unpaired) electrons. The number of halogens is 2. The van der Waals surface area contributed by atoms with Crippen molar-refractivity contribution in [2.75, 3.05) is 19.6 Å². The molecule has 0 atom stereocenters. The summed E-state index contributed by atoms with van der Waals surface area (Å²) < 4.78 is 0. The van der Waals surface area contributed by atoms with Crippen LogP contribution in [0.2, 0.25) is 10.0 Å². The van der Waals surface area contributed by atoms with Gasteiger partial charge in [-0.3, -0.25) is 4.90 Å². The molecular weight excluding hydrogens is 267 g/mol. The Morgan fingerprint density at radius 3 is 2.56 bits per heavy atom. The molecule has 102 valence electrons. The molecule has 0 saturated heterocycles. The van der Waals surface area contributed by atoms with E-state index in [0.29, 0.717) is 11.1 Å². The van der Waals surface area contributed by atoms with Gasteiger partial charge in [-0.05, 0) is 24.2 Å². The molecule has 0 bridgehead atoms. The van der Waals surface area contributed by atoms with Crippen LogP contribution in [0.3, 0.4) is 0 Å². The molecule has 0 aromatic heterocycles. The molecule has 0 heterocycles. The predicted molar refractivity (Wildman–Crippen MR) is 80.6 cm³/mol. The van der Waals surface area contributed by atoms with Crippen molar-refractivity contribution in [2.24, 2.45) is 0 Å². The third kappa shape index (κ3) is 5.57. The van der Waals surface area contributed by atoms with Gasteiger partial charge in [0.2, 0.25) is 0 Å². The van der Waals surface area contributed by atoms with E-state index in [2.05, 4.69) is 31.0 Å². The summed E-state index contributed by atoms with van der Waals surface area (Å²) >= 11 is 12.1. The smallest absolute Gasteiger partial charge is 0.0465 e. The minimum Gasteiger partial charge on any atom is -0.313 e. The number of rotatable bonds is 7. The molecule has 18 heavy (non-hydrogen) atoms. The average molecular weight is 289 g/mol. The number of nitrogens with one attached hydrogen (secondary N) is 1. The van der Waals surface area contributed by atoms with E-state index in [1.54, 1.807) is 6.07 Å². The van der Waals surface area contributed by atoms with Crippen molar-refractivity contribution >= 4 is 23.2 Å². The maximum Gasteiger partial charge on any atom is 0.0465 e. The fourth-order valence-electron chi connectivity index (χ4n) is 1.75. The lowest BCUT2D eigenvalue weighted by atomic mass is 10.2. The van der Waals surface area contributed by atoms with Crippen LogP contribution < -0.4 is 5.32 Å². The van der Waals surface area contributed by atoms with Gasteiger partial charge in [-0.1, -0.05) is 50.0 Å². The lowest BCUT2D eigenvalue weighted by molar-refractivity contribution is 0.276. The molecule has 0 fully saturated rings. The summed E-state index contributed by atoms with van der Waals surface area (Å²) in [4.78, 5) is 2.37. The molecule has 0 amide bonds. The Labute approximate surface area is 120 Å². The molecule has 1 rings (SSSR count). The Morgan fingerprint density at radius 2 is 2.00 bits per heavy atom. The van der Waals surface area contributed by atoms with Gasteiger partial charge in [0.1, 0.15) is 0 Å². The standard InChI is InChI=1S/C14H22Cl2N2/c1-4-18(8-7-17-11(2)3)10-12-5-6-13(15)9-14(12)16/h5-6,9,11,17H,4,7-8,10H2,1-3H3. The Morgan fingerprint density at radius 1 is 1.28 bits per heavy atom. The Kier molecular flexibility index (Phi) is 7.02. The van der Waals surface area contributed by atoms with Crippen molar-refractivity contribution in [3.8, 4) is 0 Å². The maximum atomic E-state index is 6.19. The monoisotopic (exact) mass is 288 g/mol. The number of hydrogen-bond donors (Lipinski definition) is 1. The fourth-order valence-corrected chi connectivity index (χ4v) is 2.22. The quantitative estimate of drug-likeness (QED) is 0.821. The largest absolute Gasteiger partial charge is 0.313 e. The maximum absolute atomic E-state index is 6.19. The van der Waals surface area contributed by atoms with Crippen molar-refractivity contribution in [1.82, 2.24) is 10.2 Å². The first kappa shape index (κ1) is 15.8. The van der Waals surface area contributed by atoms with Crippen LogP contribution in [0.15, 0.2) is 18.2 Å². The molecule has 0 spiro atoms. The van der Waals surface area contributed by atoms with E-state index in [0.717, 1.165) is 36.8 Å². The van der Waals surface area contributed by atoms with Gasteiger partial charge in [0.25, 0.3) is 0 Å². The van der Waals surface area contributed by atoms with Crippen molar-refractivity contribution in [3.63, 3.8) is 0 Å². The molecule has 0 saturated carbocycles. The van der Waals surface area contributed by atoms with Crippen LogP contribution in [0.1, 0.15) is 26.3 Å². The lowest BCUT2D eigenvalue weighted by Crippen LogP contribution is -2.34. The van der Waals surface area contributed by atoms with Crippen LogP contribution in [-0.4, -0.2) is 30.6 Å². The van der Waals surface area contributed by atoms with Crippen LogP contribution in [-0.2, 0) is 6.54 Å². The van der Waals surface area contributed by atoms with Crippen molar-refractivity contribution in [2.45, 2.75) is 33.4 Å². The van der Waals surface area contributed by atoms with Crippen molar-refractivity contribution in [3.05, 3.63) is 33.8 Å². The summed E-state index contributed by atoms with van der Waals surface area (Å²) in [6.45, 7) is 10.4. The molecule has 0 aliphatic rings. The summed E-state index contributed by atoms with van der Waals surface area (Å²) in [7, 11) is 0. The number of nitrogens with zero attached hydrogens (tertiary/aromatic N) is 1. The SMILES string of the molecule is CCN(CCNC(C)C)Cc1ccc(Cl)cc1Cl. The average Bonchev–Trinajstić information content (AvgIpc) is 2.30. The Balaban J connectivity index is 2.51. The third-order valence-corrected chi connectivity index (χ3v) is 3.42. The second kappa shape index (κ2) is 8.00. The molecule has 1 aromatic rings. The Bertz CT molecular complexity index is 367. The second-order valence-electron chi connectivity index (χ2n) is 4.71. The first-order valence-corrected chi connectivity index (χ1v) is 7.18. The molecule has 0 aliphatic heterocycles. The summed E-state index contributed by atoms with van der Waals surface area (Å²) in [6.07, 6.45) is 0. The van der Waals surface area contributed by atoms with Gasteiger partial charge in [-0.15, -0.1) is 0 Å². The summed E-state index contributed by atoms with van der Waals surface area (Å²) in [5.74, 6) is 0. The summed E-state index contributed by atoms with van der Waals surface area (Å²) in [5.41, 5.74) is 1.13. The molecular formula is C14H22Cl2N2. The van der Waals surface area contributed by atoms with Crippen LogP contribution >= 0.6 is 23.2 Å². The van der Waals surface area contributed by atoms with Crippen LogP contribution in [0, 0.1) is 0 Å². The highest BCUT2D eigenvalue weighted by Gasteiger charge is 2.07. The molecule has 1 aromatic carbocycles. The fraction of sp³-hybridized carbons (Fsp3) is 0.571. The molecule has 1 N–H and O–H groups in total. The van der Waals surface area contributed by atoms with Gasteiger partial charge >= 0.3 is 0 Å². The van der Waals surface area contributed by atoms with Gasteiger partial charge in [-0.2, -0.15) is 0 Å². The van der Waals surface area contributed by atoms with Crippen molar-refractivity contribution in [1.29, 1.82) is 0 Å². The first-order valence-electron chi connectivity index (χ1n) is 6.42. The van der Waals surface area contributed by atoms with Gasteiger partial charge in [0.05, 0.1) is 0 Å². The van der Waals surface area contributed by atoms with Crippen LogP contribution in [0.4, 0.5) is 0 Å². The normalized spacial score (nSPS) is 11.5. The van der Waals surface area contributed by atoms with E-state index in [1.807, 2.05) is 12.1 Å². The minimum absolute atomic E-state index is 0.530. The van der Waals surface area contributed by atoms with Crippen LogP contribution in [0.25, 0.3) is 0 Å². The van der Waals surface area contributed by atoms with E-state index in [9.17, 15) is 0 Å². The van der Waals surface area contributed by atoms with Gasteiger partial charge in [0.15, 0.2) is 0 Å². The molecule has 2 nitrogen and oxygen atoms in total. The number of benzene rings is 1. The van der Waals surface area contributed by atoms with E-state index < -0.39 is 0 Å². The van der Waals surface area contributed by atoms with Gasteiger partial charge in [0, 0.05) is 35.7 Å². The van der Waals surface area contributed by atoms with E-state index >= 15 is 0 Å². The van der Waals surface area contributed by atoms with Crippen molar-refractivity contribution < 1.29 is 0 Å². The van der Waals surface area contributed by atoms with E-state index in [1.165, 1.54) is 0 Å².